The summed E-state index contributed by atoms with van der Waals surface area (Å²) < 4.78 is 4.92. The van der Waals surface area contributed by atoms with Gasteiger partial charge in [-0.1, -0.05) is 54.1 Å². The van der Waals surface area contributed by atoms with Gasteiger partial charge in [0.1, 0.15) is 0 Å². The number of benzene rings is 2. The molecule has 164 valence electrons. The zero-order valence-corrected chi connectivity index (χ0v) is 17.8. The molecule has 0 spiro atoms. The largest absolute Gasteiger partial charge is 0.456 e. The van der Waals surface area contributed by atoms with Gasteiger partial charge >= 0.3 is 5.97 Å². The summed E-state index contributed by atoms with van der Waals surface area (Å²) >= 11 is 5.91. The fourth-order valence-corrected chi connectivity index (χ4v) is 2.84. The molecule has 0 saturated carbocycles. The van der Waals surface area contributed by atoms with Crippen molar-refractivity contribution in [3.63, 3.8) is 0 Å². The summed E-state index contributed by atoms with van der Waals surface area (Å²) in [7, 11) is 0. The first-order valence-corrected chi connectivity index (χ1v) is 10.1. The van der Waals surface area contributed by atoms with Crippen LogP contribution in [0.25, 0.3) is 0 Å². The summed E-state index contributed by atoms with van der Waals surface area (Å²) in [6.45, 7) is 1.44. The minimum atomic E-state index is -0.588. The number of ether oxygens (including phenoxy) is 1. The first-order chi connectivity index (χ1) is 14.9. The highest BCUT2D eigenvalue weighted by Crippen LogP contribution is 2.14. The maximum Gasteiger partial charge on any atom is 0.306 e. The van der Waals surface area contributed by atoms with Gasteiger partial charge in [0, 0.05) is 12.8 Å². The molecular weight excluding hydrogens is 422 g/mol. The highest BCUT2D eigenvalue weighted by atomic mass is 35.5. The van der Waals surface area contributed by atoms with Crippen LogP contribution in [0.15, 0.2) is 54.6 Å². The Morgan fingerprint density at radius 1 is 0.903 bits per heavy atom. The summed E-state index contributed by atoms with van der Waals surface area (Å²) in [5.41, 5.74) is 5.68. The molecule has 8 nitrogen and oxygen atoms in total. The molecule has 3 amide bonds. The molecule has 0 aliphatic carbocycles. The minimum Gasteiger partial charge on any atom is -0.456 e. The average Bonchev–Trinajstić information content (AvgIpc) is 2.77. The van der Waals surface area contributed by atoms with Crippen molar-refractivity contribution in [2.75, 3.05) is 6.61 Å². The third-order valence-corrected chi connectivity index (χ3v) is 4.59. The van der Waals surface area contributed by atoms with Gasteiger partial charge in [0.05, 0.1) is 16.6 Å². The van der Waals surface area contributed by atoms with Crippen molar-refractivity contribution in [3.05, 3.63) is 70.7 Å². The average molecular weight is 446 g/mol. The monoisotopic (exact) mass is 445 g/mol. The molecule has 0 aromatic heterocycles. The molecule has 0 fully saturated rings. The van der Waals surface area contributed by atoms with Crippen LogP contribution in [0.2, 0.25) is 5.02 Å². The van der Waals surface area contributed by atoms with Crippen molar-refractivity contribution >= 4 is 35.3 Å². The molecule has 3 N–H and O–H groups in total. The van der Waals surface area contributed by atoms with Crippen LogP contribution in [0.4, 0.5) is 0 Å². The Labute approximate surface area is 185 Å². The van der Waals surface area contributed by atoms with Crippen LogP contribution >= 0.6 is 11.6 Å². The first-order valence-electron chi connectivity index (χ1n) is 9.70. The third-order valence-electron chi connectivity index (χ3n) is 4.26. The van der Waals surface area contributed by atoms with Gasteiger partial charge in [-0.05, 0) is 31.0 Å². The second kappa shape index (κ2) is 12.3. The molecule has 2 aromatic rings. The van der Waals surface area contributed by atoms with E-state index in [0.29, 0.717) is 0 Å². The molecule has 1 atom stereocenters. The maximum atomic E-state index is 11.9. The molecule has 31 heavy (non-hydrogen) atoms. The number of hydrogen-bond donors (Lipinski definition) is 3. The van der Waals surface area contributed by atoms with E-state index in [2.05, 4.69) is 16.2 Å². The van der Waals surface area contributed by atoms with Gasteiger partial charge in [0.25, 0.3) is 11.8 Å². The van der Waals surface area contributed by atoms with Gasteiger partial charge < -0.3 is 10.1 Å². The SMILES string of the molecule is C[C@@H](NC(=O)COC(=O)CCCC(=O)NNC(=O)c1ccccc1Cl)c1ccccc1. The number of rotatable bonds is 9. The van der Waals surface area contributed by atoms with Gasteiger partial charge in [-0.2, -0.15) is 0 Å². The van der Waals surface area contributed by atoms with Gasteiger partial charge in [0.15, 0.2) is 6.61 Å². The molecular formula is C22H24ClN3O5. The van der Waals surface area contributed by atoms with E-state index in [1.54, 1.807) is 18.2 Å². The van der Waals surface area contributed by atoms with Crippen LogP contribution in [0.1, 0.15) is 48.1 Å². The van der Waals surface area contributed by atoms with Crippen molar-refractivity contribution in [2.45, 2.75) is 32.2 Å². The van der Waals surface area contributed by atoms with E-state index in [9.17, 15) is 19.2 Å². The summed E-state index contributed by atoms with van der Waals surface area (Å²) in [6, 6.07) is 15.6. The molecule has 0 radical (unpaired) electrons. The Morgan fingerprint density at radius 3 is 2.29 bits per heavy atom. The quantitative estimate of drug-likeness (QED) is 0.405. The third kappa shape index (κ3) is 8.47. The van der Waals surface area contributed by atoms with E-state index in [-0.39, 0.29) is 35.9 Å². The van der Waals surface area contributed by atoms with Crippen LogP contribution < -0.4 is 16.2 Å². The van der Waals surface area contributed by atoms with Gasteiger partial charge in [-0.3, -0.25) is 30.0 Å². The molecule has 2 aromatic carbocycles. The molecule has 0 bridgehead atoms. The molecule has 0 heterocycles. The summed E-state index contributed by atoms with van der Waals surface area (Å²) in [4.78, 5) is 47.4. The van der Waals surface area contributed by atoms with Crippen LogP contribution in [0.5, 0.6) is 0 Å². The van der Waals surface area contributed by atoms with Crippen molar-refractivity contribution < 1.29 is 23.9 Å². The lowest BCUT2D eigenvalue weighted by Gasteiger charge is -2.14. The normalized spacial score (nSPS) is 11.2. The number of amides is 3. The zero-order chi connectivity index (χ0) is 22.6. The topological polar surface area (TPSA) is 114 Å². The van der Waals surface area contributed by atoms with E-state index in [1.807, 2.05) is 37.3 Å². The van der Waals surface area contributed by atoms with Gasteiger partial charge in [-0.15, -0.1) is 0 Å². The van der Waals surface area contributed by atoms with Crippen molar-refractivity contribution in [3.8, 4) is 0 Å². The van der Waals surface area contributed by atoms with E-state index >= 15 is 0 Å². The van der Waals surface area contributed by atoms with Gasteiger partial charge in [-0.25, -0.2) is 0 Å². The predicted molar refractivity (Wildman–Crippen MR) is 115 cm³/mol. The van der Waals surface area contributed by atoms with Crippen LogP contribution in [0.3, 0.4) is 0 Å². The Morgan fingerprint density at radius 2 is 1.58 bits per heavy atom. The Kier molecular flexibility index (Phi) is 9.51. The highest BCUT2D eigenvalue weighted by Gasteiger charge is 2.13. The molecule has 0 aliphatic heterocycles. The van der Waals surface area contributed by atoms with Crippen LogP contribution in [0, 0.1) is 0 Å². The first kappa shape index (κ1) is 23.9. The Hall–Kier alpha value is -3.39. The second-order valence-electron chi connectivity index (χ2n) is 6.70. The predicted octanol–water partition coefficient (Wildman–Crippen LogP) is 2.69. The number of esters is 1. The summed E-state index contributed by atoms with van der Waals surface area (Å²) in [5.74, 6) is -2.02. The molecule has 0 saturated heterocycles. The van der Waals surface area contributed by atoms with E-state index in [0.717, 1.165) is 5.56 Å². The lowest BCUT2D eigenvalue weighted by molar-refractivity contribution is -0.148. The number of halogens is 1. The second-order valence-corrected chi connectivity index (χ2v) is 7.10. The summed E-state index contributed by atoms with van der Waals surface area (Å²) in [6.07, 6.45) is 0.164. The molecule has 9 heteroatoms. The van der Waals surface area contributed by atoms with E-state index in [1.165, 1.54) is 6.07 Å². The molecule has 0 unspecified atom stereocenters. The van der Waals surface area contributed by atoms with E-state index in [4.69, 9.17) is 16.3 Å². The van der Waals surface area contributed by atoms with Crippen molar-refractivity contribution in [2.24, 2.45) is 0 Å². The van der Waals surface area contributed by atoms with Crippen molar-refractivity contribution in [1.82, 2.24) is 16.2 Å². The lowest BCUT2D eigenvalue weighted by atomic mass is 10.1. The minimum absolute atomic E-state index is 0.00482. The van der Waals surface area contributed by atoms with Gasteiger partial charge in [0.2, 0.25) is 5.91 Å². The van der Waals surface area contributed by atoms with Crippen LogP contribution in [-0.4, -0.2) is 30.3 Å². The number of nitrogens with one attached hydrogen (secondary N) is 3. The molecule has 0 aliphatic rings. The number of hydrazine groups is 1. The number of carbonyl (C=O) groups is 4. The smallest absolute Gasteiger partial charge is 0.306 e. The number of carbonyl (C=O) groups excluding carboxylic acids is 4. The summed E-state index contributed by atoms with van der Waals surface area (Å²) in [5, 5.41) is 3.00. The highest BCUT2D eigenvalue weighted by molar-refractivity contribution is 6.33. The van der Waals surface area contributed by atoms with Crippen LogP contribution in [-0.2, 0) is 19.1 Å². The Bertz CT molecular complexity index is 920. The zero-order valence-electron chi connectivity index (χ0n) is 17.0. The van der Waals surface area contributed by atoms with Crippen molar-refractivity contribution in [1.29, 1.82) is 0 Å². The molecule has 2 rings (SSSR count). The fourth-order valence-electron chi connectivity index (χ4n) is 2.62. The Balaban J connectivity index is 1.59. The standard InChI is InChI=1S/C22H24ClN3O5/c1-15(16-8-3-2-4-9-16)24-20(28)14-31-21(29)13-7-12-19(27)25-26-22(30)17-10-5-6-11-18(17)23/h2-6,8-11,15H,7,12-14H2,1H3,(H,24,28)(H,25,27)(H,26,30)/t15-/m1/s1. The maximum absolute atomic E-state index is 11.9. The van der Waals surface area contributed by atoms with E-state index < -0.39 is 30.3 Å². The fraction of sp³-hybridized carbons (Fsp3) is 0.273. The number of hydrogen-bond acceptors (Lipinski definition) is 5. The lowest BCUT2D eigenvalue weighted by Crippen LogP contribution is -2.41.